The fourth-order valence-corrected chi connectivity index (χ4v) is 5.70. The first-order valence-electron chi connectivity index (χ1n) is 12.7. The van der Waals surface area contributed by atoms with Crippen molar-refractivity contribution in [3.8, 4) is 0 Å². The standard InChI is InChI=1S/C30H31N3O4/c1-22-8-5-6-12-25(22)29(19-27(35)33(28(29)36)21-23-9-3-2-4-10-23)18-26(34)32-16-13-30(37,14-17-32)24-11-7-15-31-20-24/h2-12,15,20,37H,13-14,16-19,21H2,1H3/t29-/m1/s1. The number of amides is 3. The largest absolute Gasteiger partial charge is 0.385 e. The molecular weight excluding hydrogens is 466 g/mol. The van der Waals surface area contributed by atoms with Crippen LogP contribution in [-0.4, -0.2) is 50.7 Å². The SMILES string of the molecule is Cc1ccccc1[C@@]1(CC(=O)N2CCC(O)(c3cccnc3)CC2)CC(=O)N(Cc2ccccc2)C1=O. The molecule has 2 aromatic carbocycles. The zero-order chi connectivity index (χ0) is 26.0. The molecule has 1 atom stereocenters. The molecule has 0 aliphatic carbocycles. The van der Waals surface area contributed by atoms with Crippen LogP contribution in [0.2, 0.25) is 0 Å². The number of hydrogen-bond acceptors (Lipinski definition) is 5. The van der Waals surface area contributed by atoms with Crippen molar-refractivity contribution < 1.29 is 19.5 Å². The number of piperidine rings is 1. The maximum atomic E-state index is 14.0. The van der Waals surface area contributed by atoms with Crippen LogP contribution in [0.25, 0.3) is 0 Å². The summed E-state index contributed by atoms with van der Waals surface area (Å²) in [5.41, 5.74) is 0.924. The minimum absolute atomic E-state index is 0.0390. The number of aryl methyl sites for hydroxylation is 1. The van der Waals surface area contributed by atoms with Crippen molar-refractivity contribution in [1.82, 2.24) is 14.8 Å². The highest BCUT2D eigenvalue weighted by molar-refractivity contribution is 6.10. The smallest absolute Gasteiger partial charge is 0.241 e. The number of carbonyl (C=O) groups excluding carboxylic acids is 3. The Morgan fingerprint density at radius 1 is 0.973 bits per heavy atom. The molecule has 0 saturated carbocycles. The molecule has 7 nitrogen and oxygen atoms in total. The normalized spacial score (nSPS) is 21.4. The van der Waals surface area contributed by atoms with E-state index in [1.807, 2.05) is 67.6 Å². The topological polar surface area (TPSA) is 90.8 Å². The summed E-state index contributed by atoms with van der Waals surface area (Å²) in [6.45, 7) is 2.82. The van der Waals surface area contributed by atoms with Gasteiger partial charge in [-0.3, -0.25) is 24.3 Å². The van der Waals surface area contributed by atoms with Gasteiger partial charge in [0.2, 0.25) is 17.7 Å². The Hall–Kier alpha value is -3.84. The number of likely N-dealkylation sites (tertiary alicyclic amines) is 2. The molecule has 37 heavy (non-hydrogen) atoms. The molecule has 0 spiro atoms. The molecule has 3 aromatic rings. The van der Waals surface area contributed by atoms with Gasteiger partial charge in [0, 0.05) is 43.9 Å². The zero-order valence-corrected chi connectivity index (χ0v) is 21.0. The Bertz CT molecular complexity index is 1300. The molecule has 2 saturated heterocycles. The summed E-state index contributed by atoms with van der Waals surface area (Å²) in [7, 11) is 0. The molecule has 3 amide bonds. The molecule has 3 heterocycles. The summed E-state index contributed by atoms with van der Waals surface area (Å²) < 4.78 is 0. The molecule has 0 bridgehead atoms. The average Bonchev–Trinajstić information content (AvgIpc) is 3.15. The molecule has 2 aliphatic heterocycles. The number of rotatable bonds is 6. The highest BCUT2D eigenvalue weighted by atomic mass is 16.3. The van der Waals surface area contributed by atoms with E-state index >= 15 is 0 Å². The Morgan fingerprint density at radius 3 is 2.35 bits per heavy atom. The number of imide groups is 1. The predicted octanol–water partition coefficient (Wildman–Crippen LogP) is 3.49. The van der Waals surface area contributed by atoms with Gasteiger partial charge in [-0.25, -0.2) is 0 Å². The number of pyridine rings is 1. The number of nitrogens with zero attached hydrogens (tertiary/aromatic N) is 3. The Labute approximate surface area is 216 Å². The second kappa shape index (κ2) is 9.90. The zero-order valence-electron chi connectivity index (χ0n) is 21.0. The van der Waals surface area contributed by atoms with Crippen molar-refractivity contribution in [3.05, 3.63) is 101 Å². The van der Waals surface area contributed by atoms with Gasteiger partial charge in [0.25, 0.3) is 0 Å². The summed E-state index contributed by atoms with van der Waals surface area (Å²) in [6.07, 6.45) is 3.97. The van der Waals surface area contributed by atoms with E-state index in [-0.39, 0.29) is 37.1 Å². The summed E-state index contributed by atoms with van der Waals surface area (Å²) in [4.78, 5) is 48.0. The number of carbonyl (C=O) groups is 3. The third kappa shape index (κ3) is 4.67. The first kappa shape index (κ1) is 24.8. The fraction of sp³-hybridized carbons (Fsp3) is 0.333. The molecule has 1 aromatic heterocycles. The first-order chi connectivity index (χ1) is 17.8. The first-order valence-corrected chi connectivity index (χ1v) is 12.7. The molecule has 2 aliphatic rings. The minimum atomic E-state index is -1.24. The minimum Gasteiger partial charge on any atom is -0.385 e. The number of aromatic nitrogens is 1. The summed E-state index contributed by atoms with van der Waals surface area (Å²) >= 11 is 0. The van der Waals surface area contributed by atoms with Gasteiger partial charge in [0.05, 0.1) is 17.6 Å². The van der Waals surface area contributed by atoms with Crippen LogP contribution in [0.1, 0.15) is 47.9 Å². The molecule has 2 fully saturated rings. The van der Waals surface area contributed by atoms with Crippen molar-refractivity contribution in [1.29, 1.82) is 0 Å². The number of aliphatic hydroxyl groups is 1. The van der Waals surface area contributed by atoms with Crippen LogP contribution in [0.15, 0.2) is 79.1 Å². The van der Waals surface area contributed by atoms with Crippen LogP contribution < -0.4 is 0 Å². The lowest BCUT2D eigenvalue weighted by atomic mass is 9.73. The Kier molecular flexibility index (Phi) is 6.65. The van der Waals surface area contributed by atoms with E-state index in [1.165, 1.54) is 4.90 Å². The van der Waals surface area contributed by atoms with Crippen molar-refractivity contribution >= 4 is 17.7 Å². The Morgan fingerprint density at radius 2 is 1.68 bits per heavy atom. The van der Waals surface area contributed by atoms with Gasteiger partial charge in [-0.05, 0) is 42.5 Å². The van der Waals surface area contributed by atoms with E-state index in [0.717, 1.165) is 22.3 Å². The van der Waals surface area contributed by atoms with Gasteiger partial charge < -0.3 is 10.0 Å². The van der Waals surface area contributed by atoms with Crippen molar-refractivity contribution in [2.45, 2.75) is 50.2 Å². The van der Waals surface area contributed by atoms with E-state index in [0.29, 0.717) is 25.9 Å². The van der Waals surface area contributed by atoms with E-state index < -0.39 is 11.0 Å². The maximum Gasteiger partial charge on any atom is 0.241 e. The van der Waals surface area contributed by atoms with Crippen LogP contribution >= 0.6 is 0 Å². The molecule has 190 valence electrons. The van der Waals surface area contributed by atoms with Gasteiger partial charge in [-0.15, -0.1) is 0 Å². The van der Waals surface area contributed by atoms with Gasteiger partial charge >= 0.3 is 0 Å². The number of hydrogen-bond donors (Lipinski definition) is 1. The quantitative estimate of drug-likeness (QED) is 0.527. The fourth-order valence-electron chi connectivity index (χ4n) is 5.70. The molecular formula is C30H31N3O4. The van der Waals surface area contributed by atoms with Gasteiger partial charge in [-0.1, -0.05) is 60.7 Å². The predicted molar refractivity (Wildman–Crippen MR) is 138 cm³/mol. The van der Waals surface area contributed by atoms with Crippen molar-refractivity contribution in [2.24, 2.45) is 0 Å². The lowest BCUT2D eigenvalue weighted by Crippen LogP contribution is -2.48. The second-order valence-corrected chi connectivity index (χ2v) is 10.2. The van der Waals surface area contributed by atoms with Crippen molar-refractivity contribution in [2.75, 3.05) is 13.1 Å². The van der Waals surface area contributed by atoms with E-state index in [9.17, 15) is 19.5 Å². The third-order valence-corrected chi connectivity index (χ3v) is 7.85. The van der Waals surface area contributed by atoms with Gasteiger partial charge in [-0.2, -0.15) is 0 Å². The third-order valence-electron chi connectivity index (χ3n) is 7.85. The highest BCUT2D eigenvalue weighted by Gasteiger charge is 2.54. The number of benzene rings is 2. The lowest BCUT2D eigenvalue weighted by molar-refractivity contribution is -0.144. The summed E-state index contributed by atoms with van der Waals surface area (Å²) in [5.74, 6) is -0.776. The van der Waals surface area contributed by atoms with E-state index in [2.05, 4.69) is 4.98 Å². The summed E-state index contributed by atoms with van der Waals surface area (Å²) in [6, 6.07) is 20.6. The van der Waals surface area contributed by atoms with E-state index in [4.69, 9.17) is 0 Å². The van der Waals surface area contributed by atoms with Crippen LogP contribution in [0.3, 0.4) is 0 Å². The lowest BCUT2D eigenvalue weighted by Gasteiger charge is -2.39. The molecule has 0 unspecified atom stereocenters. The summed E-state index contributed by atoms with van der Waals surface area (Å²) in [5, 5.41) is 11.2. The second-order valence-electron chi connectivity index (χ2n) is 10.2. The van der Waals surface area contributed by atoms with Crippen LogP contribution in [-0.2, 0) is 31.9 Å². The van der Waals surface area contributed by atoms with Crippen LogP contribution in [0.5, 0.6) is 0 Å². The van der Waals surface area contributed by atoms with Crippen LogP contribution in [0, 0.1) is 6.92 Å². The average molecular weight is 498 g/mol. The van der Waals surface area contributed by atoms with Crippen LogP contribution in [0.4, 0.5) is 0 Å². The van der Waals surface area contributed by atoms with E-state index in [1.54, 1.807) is 23.4 Å². The van der Waals surface area contributed by atoms with Crippen molar-refractivity contribution in [3.63, 3.8) is 0 Å². The monoisotopic (exact) mass is 497 g/mol. The van der Waals surface area contributed by atoms with Gasteiger partial charge in [0.15, 0.2) is 0 Å². The maximum absolute atomic E-state index is 14.0. The molecule has 5 rings (SSSR count). The van der Waals surface area contributed by atoms with Gasteiger partial charge in [0.1, 0.15) is 0 Å². The highest BCUT2D eigenvalue weighted by Crippen LogP contribution is 2.43. The Balaban J connectivity index is 1.39. The molecule has 1 N–H and O–H groups in total. The molecule has 0 radical (unpaired) electrons. The molecule has 7 heteroatoms.